The zero-order chi connectivity index (χ0) is 21.0. The van der Waals surface area contributed by atoms with Crippen LogP contribution < -0.4 is 15.8 Å². The molecule has 0 fully saturated rings. The number of nitrogens with one attached hydrogen (secondary N) is 1. The number of carbonyl (C=O) groups excluding carboxylic acids is 1. The monoisotopic (exact) mass is 408 g/mol. The minimum absolute atomic E-state index is 0.0483. The van der Waals surface area contributed by atoms with Crippen LogP contribution in [0.5, 0.6) is 5.75 Å². The van der Waals surface area contributed by atoms with E-state index in [1.54, 1.807) is 6.07 Å². The largest absolute Gasteiger partial charge is 0.495 e. The zero-order valence-corrected chi connectivity index (χ0v) is 15.5. The number of pyridine rings is 1. The Balaban J connectivity index is 1.82. The molecule has 2 heterocycles. The van der Waals surface area contributed by atoms with Gasteiger partial charge < -0.3 is 20.5 Å². The number of hydrogen-bond donors (Lipinski definition) is 2. The molecular formula is C19H19F3N4O3. The molecule has 10 heteroatoms. The highest BCUT2D eigenvalue weighted by atomic mass is 19.3. The quantitative estimate of drug-likeness (QED) is 0.765. The highest BCUT2D eigenvalue weighted by molar-refractivity contribution is 6.02. The number of nitrogens with zero attached hydrogens (tertiary/aromatic N) is 2. The van der Waals surface area contributed by atoms with Crippen molar-refractivity contribution in [2.24, 2.45) is 10.7 Å². The Labute approximate surface area is 164 Å². The van der Waals surface area contributed by atoms with E-state index in [4.69, 9.17) is 15.2 Å². The van der Waals surface area contributed by atoms with Crippen LogP contribution in [0.2, 0.25) is 0 Å². The van der Waals surface area contributed by atoms with Crippen LogP contribution in [0.25, 0.3) is 0 Å². The van der Waals surface area contributed by atoms with Gasteiger partial charge in [-0.05, 0) is 35.9 Å². The molecule has 0 spiro atoms. The molecule has 1 atom stereocenters. The predicted octanol–water partition coefficient (Wildman–Crippen LogP) is 2.42. The number of carbonyl (C=O) groups is 1. The summed E-state index contributed by atoms with van der Waals surface area (Å²) < 4.78 is 51.8. The molecule has 154 valence electrons. The summed E-state index contributed by atoms with van der Waals surface area (Å²) in [7, 11) is 1.47. The minimum Gasteiger partial charge on any atom is -0.495 e. The lowest BCUT2D eigenvalue weighted by atomic mass is 9.91. The van der Waals surface area contributed by atoms with Crippen molar-refractivity contribution in [1.29, 1.82) is 0 Å². The van der Waals surface area contributed by atoms with E-state index in [0.29, 0.717) is 5.75 Å². The van der Waals surface area contributed by atoms with E-state index in [1.807, 2.05) is 0 Å². The topological polar surface area (TPSA) is 98.8 Å². The molecule has 0 saturated carbocycles. The summed E-state index contributed by atoms with van der Waals surface area (Å²) in [6, 6.07) is 6.71. The molecular weight excluding hydrogens is 389 g/mol. The Hall–Kier alpha value is -3.14. The van der Waals surface area contributed by atoms with Crippen molar-refractivity contribution in [2.75, 3.05) is 25.6 Å². The molecule has 1 aromatic carbocycles. The lowest BCUT2D eigenvalue weighted by molar-refractivity contribution is -0.0103. The van der Waals surface area contributed by atoms with Gasteiger partial charge in [-0.2, -0.15) is 0 Å². The van der Waals surface area contributed by atoms with E-state index >= 15 is 0 Å². The number of amides is 1. The van der Waals surface area contributed by atoms with Crippen LogP contribution in [-0.2, 0) is 11.2 Å². The molecule has 0 radical (unpaired) electrons. The fourth-order valence-corrected chi connectivity index (χ4v) is 2.91. The molecule has 0 saturated heterocycles. The highest BCUT2D eigenvalue weighted by Gasteiger charge is 2.43. The van der Waals surface area contributed by atoms with Gasteiger partial charge in [-0.15, -0.1) is 0 Å². The van der Waals surface area contributed by atoms with E-state index in [-0.39, 0.29) is 29.4 Å². The van der Waals surface area contributed by atoms with Crippen LogP contribution in [0, 0.1) is 5.82 Å². The third-order valence-corrected chi connectivity index (χ3v) is 4.38. The molecule has 0 bridgehead atoms. The summed E-state index contributed by atoms with van der Waals surface area (Å²) in [6.07, 6.45) is -1.98. The number of nitrogens with two attached hydrogens (primary N) is 1. The molecule has 1 aromatic heterocycles. The molecule has 1 aliphatic rings. The minimum atomic E-state index is -2.91. The Morgan fingerprint density at radius 3 is 2.79 bits per heavy atom. The van der Waals surface area contributed by atoms with E-state index in [0.717, 1.165) is 6.07 Å². The number of halogens is 3. The van der Waals surface area contributed by atoms with Crippen LogP contribution in [0.1, 0.15) is 16.1 Å². The Morgan fingerprint density at radius 2 is 2.17 bits per heavy atom. The SMILES string of the molecule is COc1ccc(C(=O)Nc2ccc(F)c(CC3(C(F)F)COCC(N)=N3)c2)nc1. The molecule has 3 rings (SSSR count). The first-order valence-electron chi connectivity index (χ1n) is 8.63. The van der Waals surface area contributed by atoms with Crippen molar-refractivity contribution < 1.29 is 27.4 Å². The molecule has 0 aliphatic carbocycles. The smallest absolute Gasteiger partial charge is 0.274 e. The molecule has 2 aromatic rings. The maximum absolute atomic E-state index is 14.3. The predicted molar refractivity (Wildman–Crippen MR) is 100 cm³/mol. The lowest BCUT2D eigenvalue weighted by Crippen LogP contribution is -2.48. The van der Waals surface area contributed by atoms with Gasteiger partial charge in [-0.25, -0.2) is 18.2 Å². The molecule has 7 nitrogen and oxygen atoms in total. The number of rotatable bonds is 6. The lowest BCUT2D eigenvalue weighted by Gasteiger charge is -2.32. The van der Waals surface area contributed by atoms with Gasteiger partial charge in [0.15, 0.2) is 5.54 Å². The molecule has 3 N–H and O–H groups in total. The summed E-state index contributed by atoms with van der Waals surface area (Å²) in [5, 5.41) is 2.56. The third-order valence-electron chi connectivity index (χ3n) is 4.38. The van der Waals surface area contributed by atoms with Gasteiger partial charge in [0.05, 0.1) is 19.9 Å². The van der Waals surface area contributed by atoms with Crippen molar-refractivity contribution in [3.05, 3.63) is 53.6 Å². The first-order chi connectivity index (χ1) is 13.8. The Morgan fingerprint density at radius 1 is 1.38 bits per heavy atom. The first kappa shape index (κ1) is 20.6. The van der Waals surface area contributed by atoms with E-state index in [1.165, 1.54) is 31.5 Å². The number of methoxy groups -OCH3 is 1. The molecule has 1 aliphatic heterocycles. The van der Waals surface area contributed by atoms with Gasteiger partial charge in [0.1, 0.15) is 29.7 Å². The van der Waals surface area contributed by atoms with Crippen LogP contribution in [-0.4, -0.2) is 49.0 Å². The molecule has 1 amide bonds. The van der Waals surface area contributed by atoms with Gasteiger partial charge in [-0.3, -0.25) is 9.79 Å². The van der Waals surface area contributed by atoms with Crippen LogP contribution in [0.15, 0.2) is 41.5 Å². The van der Waals surface area contributed by atoms with E-state index < -0.39 is 36.7 Å². The number of anilines is 1. The molecule has 1 unspecified atom stereocenters. The summed E-state index contributed by atoms with van der Waals surface area (Å²) in [5.41, 5.74) is 3.85. The average molecular weight is 408 g/mol. The van der Waals surface area contributed by atoms with Crippen molar-refractivity contribution in [1.82, 2.24) is 4.98 Å². The van der Waals surface area contributed by atoms with E-state index in [9.17, 15) is 18.0 Å². The van der Waals surface area contributed by atoms with Crippen molar-refractivity contribution >= 4 is 17.4 Å². The van der Waals surface area contributed by atoms with Crippen molar-refractivity contribution in [3.63, 3.8) is 0 Å². The van der Waals surface area contributed by atoms with Gasteiger partial charge in [0.25, 0.3) is 12.3 Å². The Bertz CT molecular complexity index is 921. The maximum atomic E-state index is 14.3. The van der Waals surface area contributed by atoms with Crippen LogP contribution >= 0.6 is 0 Å². The summed E-state index contributed by atoms with van der Waals surface area (Å²) in [5.74, 6) is -0.841. The maximum Gasteiger partial charge on any atom is 0.274 e. The second-order valence-corrected chi connectivity index (χ2v) is 6.52. The summed E-state index contributed by atoms with van der Waals surface area (Å²) in [4.78, 5) is 20.1. The number of benzene rings is 1. The second-order valence-electron chi connectivity index (χ2n) is 6.52. The number of aliphatic imine (C=N–C) groups is 1. The summed E-state index contributed by atoms with van der Waals surface area (Å²) >= 11 is 0. The van der Waals surface area contributed by atoms with Gasteiger partial charge in [0, 0.05) is 12.1 Å². The van der Waals surface area contributed by atoms with Crippen molar-refractivity contribution in [3.8, 4) is 5.75 Å². The summed E-state index contributed by atoms with van der Waals surface area (Å²) in [6.45, 7) is -0.445. The highest BCUT2D eigenvalue weighted by Crippen LogP contribution is 2.30. The van der Waals surface area contributed by atoms with Gasteiger partial charge in [0.2, 0.25) is 0 Å². The first-order valence-corrected chi connectivity index (χ1v) is 8.63. The number of hydrogen-bond acceptors (Lipinski definition) is 6. The van der Waals surface area contributed by atoms with Crippen LogP contribution in [0.4, 0.5) is 18.9 Å². The standard InChI is InChI=1S/C19H19F3N4O3/c1-28-13-3-5-15(24-8-13)17(27)25-12-2-4-14(20)11(6-12)7-19(18(21)22)10-29-9-16(23)26-19/h2-6,8,18H,7,9-10H2,1H3,(H2,23,26)(H,25,27). The third kappa shape index (κ3) is 4.65. The van der Waals surface area contributed by atoms with Crippen molar-refractivity contribution in [2.45, 2.75) is 18.4 Å². The molecule has 29 heavy (non-hydrogen) atoms. The number of alkyl halides is 2. The average Bonchev–Trinajstić information content (AvgIpc) is 2.70. The normalized spacial score (nSPS) is 19.0. The number of aromatic nitrogens is 1. The fraction of sp³-hybridized carbons (Fsp3) is 0.316. The van der Waals surface area contributed by atoms with Gasteiger partial charge >= 0.3 is 0 Å². The van der Waals surface area contributed by atoms with E-state index in [2.05, 4.69) is 15.3 Å². The van der Waals surface area contributed by atoms with Crippen LogP contribution in [0.3, 0.4) is 0 Å². The number of ether oxygens (including phenoxy) is 2. The number of amidine groups is 1. The Kier molecular flexibility index (Phi) is 6.02. The zero-order valence-electron chi connectivity index (χ0n) is 15.5. The fourth-order valence-electron chi connectivity index (χ4n) is 2.91. The van der Waals surface area contributed by atoms with Gasteiger partial charge in [-0.1, -0.05) is 0 Å². The second kappa shape index (κ2) is 8.48.